The second kappa shape index (κ2) is 13.0. The van der Waals surface area contributed by atoms with E-state index < -0.39 is 29.5 Å². The molecule has 204 valence electrons. The summed E-state index contributed by atoms with van der Waals surface area (Å²) in [5.74, 6) is -2.50. The Kier molecular flexibility index (Phi) is 9.25. The molecule has 0 unspecified atom stereocenters. The molecule has 4 rings (SSSR count). The van der Waals surface area contributed by atoms with Crippen LogP contribution in [-0.4, -0.2) is 29.6 Å². The van der Waals surface area contributed by atoms with Crippen molar-refractivity contribution in [2.75, 3.05) is 16.8 Å². The third-order valence-electron chi connectivity index (χ3n) is 6.82. The molecule has 0 aromatic heterocycles. The molecule has 3 aromatic carbocycles. The van der Waals surface area contributed by atoms with E-state index in [0.717, 1.165) is 31.0 Å². The fourth-order valence-electron chi connectivity index (χ4n) is 4.79. The van der Waals surface area contributed by atoms with Crippen LogP contribution in [0.25, 0.3) is 0 Å². The second-order valence-corrected chi connectivity index (χ2v) is 9.70. The summed E-state index contributed by atoms with van der Waals surface area (Å²) in [6.07, 6.45) is 5.78. The van der Waals surface area contributed by atoms with Crippen molar-refractivity contribution in [3.8, 4) is 0 Å². The Bertz CT molecular complexity index is 1290. The van der Waals surface area contributed by atoms with Crippen molar-refractivity contribution >= 4 is 29.3 Å². The minimum Gasteiger partial charge on any atom is -0.481 e. The highest BCUT2D eigenvalue weighted by Crippen LogP contribution is 2.33. The molecular formula is C30H31F2N3O4. The van der Waals surface area contributed by atoms with Gasteiger partial charge in [0, 0.05) is 29.5 Å². The van der Waals surface area contributed by atoms with Gasteiger partial charge in [-0.15, -0.1) is 0 Å². The van der Waals surface area contributed by atoms with Crippen LogP contribution in [0.2, 0.25) is 0 Å². The van der Waals surface area contributed by atoms with Gasteiger partial charge < -0.3 is 15.7 Å². The lowest BCUT2D eigenvalue weighted by molar-refractivity contribution is -0.136. The average molecular weight is 536 g/mol. The molecule has 0 heterocycles. The van der Waals surface area contributed by atoms with E-state index in [2.05, 4.69) is 10.6 Å². The first-order chi connectivity index (χ1) is 18.8. The van der Waals surface area contributed by atoms with Crippen LogP contribution < -0.4 is 15.5 Å². The highest BCUT2D eigenvalue weighted by Gasteiger charge is 2.20. The van der Waals surface area contributed by atoms with Gasteiger partial charge in [-0.05, 0) is 66.3 Å². The van der Waals surface area contributed by atoms with Gasteiger partial charge in [0.2, 0.25) is 0 Å². The highest BCUT2D eigenvalue weighted by molar-refractivity contribution is 6.01. The van der Waals surface area contributed by atoms with E-state index in [1.54, 1.807) is 24.3 Å². The molecule has 9 heteroatoms. The van der Waals surface area contributed by atoms with E-state index in [1.807, 2.05) is 24.3 Å². The van der Waals surface area contributed by atoms with Gasteiger partial charge in [-0.1, -0.05) is 43.5 Å². The van der Waals surface area contributed by atoms with Crippen LogP contribution in [0, 0.1) is 11.6 Å². The molecule has 39 heavy (non-hydrogen) atoms. The second-order valence-electron chi connectivity index (χ2n) is 9.70. The van der Waals surface area contributed by atoms with Crippen LogP contribution in [0.1, 0.15) is 65.9 Å². The number of halogens is 2. The number of hydrogen-bond donors (Lipinski definition) is 3. The summed E-state index contributed by atoms with van der Waals surface area (Å²) < 4.78 is 27.4. The number of anilines is 2. The van der Waals surface area contributed by atoms with Gasteiger partial charge in [-0.2, -0.15) is 0 Å². The maximum atomic E-state index is 13.7. The quantitative estimate of drug-likeness (QED) is 0.293. The number of aliphatic carboxylic acids is 1. The first-order valence-corrected chi connectivity index (χ1v) is 13.0. The molecule has 0 spiro atoms. The highest BCUT2D eigenvalue weighted by atomic mass is 19.1. The number of carboxylic acids is 1. The molecule has 3 amide bonds. The standard InChI is InChI=1S/C30H31F2N3O4/c31-24-16-25(32)18-26(17-24)34-30(39)35(27-12-10-22(11-13-27)21-4-2-1-3-5-21)19-20-6-8-23(9-7-20)29(38)33-15-14-28(36)37/h6-13,16-18,21H,1-5,14-15,19H2,(H,33,38)(H,34,39)(H,36,37). The fraction of sp³-hybridized carbons (Fsp3) is 0.300. The number of urea groups is 1. The third-order valence-corrected chi connectivity index (χ3v) is 6.82. The number of nitrogens with zero attached hydrogens (tertiary/aromatic N) is 1. The lowest BCUT2D eigenvalue weighted by Gasteiger charge is -2.26. The van der Waals surface area contributed by atoms with Crippen molar-refractivity contribution in [3.05, 3.63) is 95.1 Å². The van der Waals surface area contributed by atoms with Crippen molar-refractivity contribution in [2.24, 2.45) is 0 Å². The molecule has 7 nitrogen and oxygen atoms in total. The van der Waals surface area contributed by atoms with Gasteiger partial charge in [0.1, 0.15) is 11.6 Å². The molecule has 0 atom stereocenters. The van der Waals surface area contributed by atoms with Gasteiger partial charge in [0.15, 0.2) is 0 Å². The van der Waals surface area contributed by atoms with Gasteiger partial charge in [0.05, 0.1) is 13.0 Å². The Balaban J connectivity index is 1.53. The molecule has 0 radical (unpaired) electrons. The minimum atomic E-state index is -1.00. The molecule has 1 fully saturated rings. The van der Waals surface area contributed by atoms with Gasteiger partial charge in [-0.25, -0.2) is 13.6 Å². The van der Waals surface area contributed by atoms with Crippen molar-refractivity contribution in [3.63, 3.8) is 0 Å². The number of benzene rings is 3. The Morgan fingerprint density at radius 2 is 1.51 bits per heavy atom. The molecule has 1 aliphatic rings. The number of nitrogens with one attached hydrogen (secondary N) is 2. The Morgan fingerprint density at radius 3 is 2.13 bits per heavy atom. The number of carbonyl (C=O) groups excluding carboxylic acids is 2. The number of carbonyl (C=O) groups is 3. The monoisotopic (exact) mass is 535 g/mol. The normalized spacial score (nSPS) is 13.5. The summed E-state index contributed by atoms with van der Waals surface area (Å²) in [6, 6.07) is 16.6. The SMILES string of the molecule is O=C(O)CCNC(=O)c1ccc(CN(C(=O)Nc2cc(F)cc(F)c2)c2ccc(C3CCCCC3)cc2)cc1. The van der Waals surface area contributed by atoms with Crippen molar-refractivity contribution in [1.82, 2.24) is 5.32 Å². The topological polar surface area (TPSA) is 98.7 Å². The number of rotatable bonds is 9. The predicted octanol–water partition coefficient (Wildman–Crippen LogP) is 6.46. The van der Waals surface area contributed by atoms with Gasteiger partial charge in [0.25, 0.3) is 5.91 Å². The Labute approximate surface area is 225 Å². The molecule has 1 saturated carbocycles. The van der Waals surface area contributed by atoms with E-state index in [4.69, 9.17) is 5.11 Å². The zero-order valence-electron chi connectivity index (χ0n) is 21.5. The van der Waals surface area contributed by atoms with Crippen LogP contribution in [-0.2, 0) is 11.3 Å². The van der Waals surface area contributed by atoms with Crippen LogP contribution in [0.5, 0.6) is 0 Å². The molecular weight excluding hydrogens is 504 g/mol. The first-order valence-electron chi connectivity index (χ1n) is 13.0. The van der Waals surface area contributed by atoms with Gasteiger partial charge >= 0.3 is 12.0 Å². The minimum absolute atomic E-state index is 0.00490. The van der Waals surface area contributed by atoms with Gasteiger partial charge in [-0.3, -0.25) is 14.5 Å². The third kappa shape index (κ3) is 7.86. The molecule has 3 N–H and O–H groups in total. The van der Waals surface area contributed by atoms with Crippen LogP contribution in [0.4, 0.5) is 25.0 Å². The lowest BCUT2D eigenvalue weighted by atomic mass is 9.84. The first kappa shape index (κ1) is 27.8. The van der Waals surface area contributed by atoms with Crippen LogP contribution in [0.3, 0.4) is 0 Å². The fourth-order valence-corrected chi connectivity index (χ4v) is 4.79. The zero-order chi connectivity index (χ0) is 27.8. The summed E-state index contributed by atoms with van der Waals surface area (Å²) in [6.45, 7) is 0.148. The van der Waals surface area contributed by atoms with Crippen molar-refractivity contribution < 1.29 is 28.3 Å². The summed E-state index contributed by atoms with van der Waals surface area (Å²) in [5, 5.41) is 13.9. The van der Waals surface area contributed by atoms with Crippen molar-refractivity contribution in [1.29, 1.82) is 0 Å². The summed E-state index contributed by atoms with van der Waals surface area (Å²) in [4.78, 5) is 37.7. The smallest absolute Gasteiger partial charge is 0.326 e. The van der Waals surface area contributed by atoms with E-state index in [1.165, 1.54) is 29.7 Å². The Hall–Kier alpha value is -4.27. The number of carboxylic acid groups (broad SMARTS) is 1. The van der Waals surface area contributed by atoms with E-state index in [9.17, 15) is 23.2 Å². The molecule has 0 aliphatic heterocycles. The maximum Gasteiger partial charge on any atom is 0.326 e. The van der Waals surface area contributed by atoms with Crippen LogP contribution >= 0.6 is 0 Å². The largest absolute Gasteiger partial charge is 0.481 e. The molecule has 1 aliphatic carbocycles. The van der Waals surface area contributed by atoms with E-state index >= 15 is 0 Å². The number of amides is 3. The molecule has 0 bridgehead atoms. The van der Waals surface area contributed by atoms with E-state index in [0.29, 0.717) is 22.7 Å². The lowest BCUT2D eigenvalue weighted by Crippen LogP contribution is -2.34. The average Bonchev–Trinajstić information content (AvgIpc) is 2.92. The van der Waals surface area contributed by atoms with Crippen molar-refractivity contribution in [2.45, 2.75) is 51.0 Å². The zero-order valence-corrected chi connectivity index (χ0v) is 21.5. The summed E-state index contributed by atoms with van der Waals surface area (Å²) >= 11 is 0. The van der Waals surface area contributed by atoms with E-state index in [-0.39, 0.29) is 25.2 Å². The summed E-state index contributed by atoms with van der Waals surface area (Å²) in [5.41, 5.74) is 2.90. The predicted molar refractivity (Wildman–Crippen MR) is 145 cm³/mol. The molecule has 0 saturated heterocycles. The van der Waals surface area contributed by atoms with Crippen LogP contribution in [0.15, 0.2) is 66.7 Å². The molecule has 3 aromatic rings. The number of hydrogen-bond acceptors (Lipinski definition) is 3. The maximum absolute atomic E-state index is 13.7. The Morgan fingerprint density at radius 1 is 0.872 bits per heavy atom. The summed E-state index contributed by atoms with van der Waals surface area (Å²) in [7, 11) is 0.